The van der Waals surface area contributed by atoms with Crippen molar-refractivity contribution in [2.75, 3.05) is 11.4 Å². The minimum atomic E-state index is 0.280. The minimum absolute atomic E-state index is 0.280. The van der Waals surface area contributed by atoms with E-state index >= 15 is 0 Å². The molecule has 0 spiro atoms. The van der Waals surface area contributed by atoms with E-state index in [9.17, 15) is 0 Å². The van der Waals surface area contributed by atoms with E-state index < -0.39 is 0 Å². The van der Waals surface area contributed by atoms with Crippen molar-refractivity contribution in [3.05, 3.63) is 56.6 Å². The first kappa shape index (κ1) is 13.4. The SMILES string of the molecule is N#Cc1nc(N2CCc3cccc(Br)c3C2)ccc1Cl. The molecule has 0 bridgehead atoms. The summed E-state index contributed by atoms with van der Waals surface area (Å²) in [5.74, 6) is 0.798. The van der Waals surface area contributed by atoms with Crippen LogP contribution in [0.5, 0.6) is 0 Å². The number of nitrogens with zero attached hydrogens (tertiary/aromatic N) is 3. The van der Waals surface area contributed by atoms with Crippen LogP contribution in [-0.2, 0) is 13.0 Å². The summed E-state index contributed by atoms with van der Waals surface area (Å²) in [6, 6.07) is 11.9. The lowest BCUT2D eigenvalue weighted by atomic mass is 10.00. The second-order valence-electron chi connectivity index (χ2n) is 4.66. The lowest BCUT2D eigenvalue weighted by molar-refractivity contribution is 0.718. The highest BCUT2D eigenvalue weighted by Gasteiger charge is 2.19. The third-order valence-electron chi connectivity index (χ3n) is 3.48. The Morgan fingerprint density at radius 1 is 1.30 bits per heavy atom. The molecule has 0 aliphatic carbocycles. The molecule has 2 aromatic rings. The lowest BCUT2D eigenvalue weighted by Gasteiger charge is -2.30. The van der Waals surface area contributed by atoms with Crippen LogP contribution >= 0.6 is 27.5 Å². The number of pyridine rings is 1. The predicted molar refractivity (Wildman–Crippen MR) is 82.9 cm³/mol. The van der Waals surface area contributed by atoms with Crippen LogP contribution in [0.4, 0.5) is 5.82 Å². The van der Waals surface area contributed by atoms with Crippen molar-refractivity contribution >= 4 is 33.3 Å². The van der Waals surface area contributed by atoms with Crippen molar-refractivity contribution in [1.82, 2.24) is 4.98 Å². The lowest BCUT2D eigenvalue weighted by Crippen LogP contribution is -2.31. The molecule has 0 atom stereocenters. The molecule has 0 fully saturated rings. The van der Waals surface area contributed by atoms with Gasteiger partial charge in [-0.15, -0.1) is 0 Å². The quantitative estimate of drug-likeness (QED) is 0.784. The normalized spacial score (nSPS) is 13.8. The van der Waals surface area contributed by atoms with Crippen molar-refractivity contribution in [3.8, 4) is 6.07 Å². The fourth-order valence-corrected chi connectivity index (χ4v) is 3.10. The topological polar surface area (TPSA) is 39.9 Å². The number of hydrogen-bond donors (Lipinski definition) is 0. The molecule has 0 saturated heterocycles. The van der Waals surface area contributed by atoms with Gasteiger partial charge in [0.1, 0.15) is 11.9 Å². The minimum Gasteiger partial charge on any atom is -0.352 e. The Hall–Kier alpha value is -1.57. The highest BCUT2D eigenvalue weighted by atomic mass is 79.9. The summed E-state index contributed by atoms with van der Waals surface area (Å²) in [4.78, 5) is 6.51. The zero-order chi connectivity index (χ0) is 14.1. The highest BCUT2D eigenvalue weighted by molar-refractivity contribution is 9.10. The maximum Gasteiger partial charge on any atom is 0.161 e. The van der Waals surface area contributed by atoms with Crippen LogP contribution in [0, 0.1) is 11.3 Å². The van der Waals surface area contributed by atoms with Crippen LogP contribution in [0.1, 0.15) is 16.8 Å². The molecule has 0 amide bonds. The van der Waals surface area contributed by atoms with E-state index in [1.807, 2.05) is 12.1 Å². The van der Waals surface area contributed by atoms with E-state index in [4.69, 9.17) is 16.9 Å². The summed E-state index contributed by atoms with van der Waals surface area (Å²) >= 11 is 9.53. The molecule has 1 aromatic carbocycles. The molecular formula is C15H11BrClN3. The number of rotatable bonds is 1. The summed E-state index contributed by atoms with van der Waals surface area (Å²) in [7, 11) is 0. The molecular weight excluding hydrogens is 338 g/mol. The van der Waals surface area contributed by atoms with Crippen LogP contribution in [0.3, 0.4) is 0 Å². The second kappa shape index (κ2) is 5.43. The van der Waals surface area contributed by atoms with Crippen molar-refractivity contribution in [3.63, 3.8) is 0 Å². The number of fused-ring (bicyclic) bond motifs is 1. The molecule has 20 heavy (non-hydrogen) atoms. The molecule has 5 heteroatoms. The van der Waals surface area contributed by atoms with E-state index in [1.54, 1.807) is 6.07 Å². The molecule has 0 radical (unpaired) electrons. The fourth-order valence-electron chi connectivity index (χ4n) is 2.42. The zero-order valence-electron chi connectivity index (χ0n) is 10.6. The first-order valence-corrected chi connectivity index (χ1v) is 7.44. The van der Waals surface area contributed by atoms with Crippen molar-refractivity contribution in [1.29, 1.82) is 5.26 Å². The average molecular weight is 349 g/mol. The number of aromatic nitrogens is 1. The molecule has 3 rings (SSSR count). The second-order valence-corrected chi connectivity index (χ2v) is 5.92. The summed E-state index contributed by atoms with van der Waals surface area (Å²) in [5, 5.41) is 9.42. The Kier molecular flexibility index (Phi) is 3.64. The van der Waals surface area contributed by atoms with Crippen molar-refractivity contribution in [2.45, 2.75) is 13.0 Å². The van der Waals surface area contributed by atoms with Crippen LogP contribution in [0.2, 0.25) is 5.02 Å². The van der Waals surface area contributed by atoms with Crippen LogP contribution in [0.15, 0.2) is 34.8 Å². The van der Waals surface area contributed by atoms with Crippen LogP contribution in [-0.4, -0.2) is 11.5 Å². The Balaban J connectivity index is 1.95. The van der Waals surface area contributed by atoms with Gasteiger partial charge in [0.2, 0.25) is 0 Å². The summed E-state index contributed by atoms with van der Waals surface area (Å²) in [6.45, 7) is 1.68. The number of nitriles is 1. The van der Waals surface area contributed by atoms with Gasteiger partial charge in [0.25, 0.3) is 0 Å². The molecule has 3 nitrogen and oxygen atoms in total. The molecule has 0 saturated carbocycles. The van der Waals surface area contributed by atoms with Gasteiger partial charge in [0.15, 0.2) is 5.69 Å². The molecule has 0 unspecified atom stereocenters. The van der Waals surface area contributed by atoms with Gasteiger partial charge in [-0.2, -0.15) is 5.26 Å². The summed E-state index contributed by atoms with van der Waals surface area (Å²) < 4.78 is 1.12. The number of halogens is 2. The first-order valence-electron chi connectivity index (χ1n) is 6.27. The van der Waals surface area contributed by atoms with Gasteiger partial charge in [0.05, 0.1) is 5.02 Å². The van der Waals surface area contributed by atoms with Gasteiger partial charge >= 0.3 is 0 Å². The van der Waals surface area contributed by atoms with Gasteiger partial charge in [0, 0.05) is 17.6 Å². The van der Waals surface area contributed by atoms with Crippen molar-refractivity contribution in [2.24, 2.45) is 0 Å². The fraction of sp³-hybridized carbons (Fsp3) is 0.200. The third-order valence-corrected chi connectivity index (χ3v) is 4.53. The van der Waals surface area contributed by atoms with Crippen LogP contribution < -0.4 is 4.90 Å². The number of benzene rings is 1. The standard InChI is InChI=1S/C15H11BrClN3/c16-12-3-1-2-10-6-7-20(9-11(10)12)15-5-4-13(17)14(8-18)19-15/h1-5H,6-7,9H2. The molecule has 0 N–H and O–H groups in total. The Bertz CT molecular complexity index is 709. The van der Waals surface area contributed by atoms with E-state index in [1.165, 1.54) is 11.1 Å². The van der Waals surface area contributed by atoms with E-state index in [0.717, 1.165) is 29.8 Å². The van der Waals surface area contributed by atoms with E-state index in [-0.39, 0.29) is 5.69 Å². The Labute approximate surface area is 130 Å². The summed E-state index contributed by atoms with van der Waals surface area (Å²) in [5.41, 5.74) is 2.93. The Morgan fingerprint density at radius 3 is 2.95 bits per heavy atom. The predicted octanol–water partition coefficient (Wildman–Crippen LogP) is 3.93. The maximum absolute atomic E-state index is 9.02. The molecule has 1 aliphatic rings. The number of hydrogen-bond acceptors (Lipinski definition) is 3. The highest BCUT2D eigenvalue weighted by Crippen LogP contribution is 2.29. The van der Waals surface area contributed by atoms with Crippen LogP contribution in [0.25, 0.3) is 0 Å². The zero-order valence-corrected chi connectivity index (χ0v) is 12.9. The van der Waals surface area contributed by atoms with Crippen molar-refractivity contribution < 1.29 is 0 Å². The molecule has 2 heterocycles. The summed E-state index contributed by atoms with van der Waals surface area (Å²) in [6.07, 6.45) is 0.973. The van der Waals surface area contributed by atoms with Gasteiger partial charge in [-0.1, -0.05) is 39.7 Å². The molecule has 100 valence electrons. The van der Waals surface area contributed by atoms with E-state index in [2.05, 4.69) is 44.0 Å². The van der Waals surface area contributed by atoms with E-state index in [0.29, 0.717) is 5.02 Å². The van der Waals surface area contributed by atoms with Gasteiger partial charge in [-0.25, -0.2) is 4.98 Å². The largest absolute Gasteiger partial charge is 0.352 e. The average Bonchev–Trinajstić information content (AvgIpc) is 2.48. The number of anilines is 1. The van der Waals surface area contributed by atoms with Gasteiger partial charge in [-0.05, 0) is 35.7 Å². The monoisotopic (exact) mass is 347 g/mol. The smallest absolute Gasteiger partial charge is 0.161 e. The third kappa shape index (κ3) is 2.39. The molecule has 1 aromatic heterocycles. The van der Waals surface area contributed by atoms with Gasteiger partial charge in [-0.3, -0.25) is 0 Å². The Morgan fingerprint density at radius 2 is 2.15 bits per heavy atom. The maximum atomic E-state index is 9.02. The molecule has 1 aliphatic heterocycles. The van der Waals surface area contributed by atoms with Gasteiger partial charge < -0.3 is 4.90 Å². The first-order chi connectivity index (χ1) is 9.69.